The van der Waals surface area contributed by atoms with Gasteiger partial charge in [0.05, 0.1) is 0 Å². The van der Waals surface area contributed by atoms with Crippen molar-refractivity contribution in [2.75, 3.05) is 26.7 Å². The van der Waals surface area contributed by atoms with E-state index in [0.29, 0.717) is 0 Å². The minimum Gasteiger partial charge on any atom is -0.315 e. The van der Waals surface area contributed by atoms with Gasteiger partial charge in [0.2, 0.25) is 0 Å². The first kappa shape index (κ1) is 14.0. The van der Waals surface area contributed by atoms with E-state index in [2.05, 4.69) is 31.1 Å². The molecule has 1 aliphatic rings. The van der Waals surface area contributed by atoms with Crippen molar-refractivity contribution in [2.45, 2.75) is 58.4 Å². The molecular weight excluding hydrogens is 196 g/mol. The van der Waals surface area contributed by atoms with Crippen molar-refractivity contribution in [1.82, 2.24) is 10.2 Å². The van der Waals surface area contributed by atoms with Gasteiger partial charge in [-0.3, -0.25) is 0 Å². The van der Waals surface area contributed by atoms with Crippen LogP contribution in [0.5, 0.6) is 0 Å². The van der Waals surface area contributed by atoms with Crippen LogP contribution in [0.1, 0.15) is 52.4 Å². The van der Waals surface area contributed by atoms with Crippen LogP contribution in [-0.4, -0.2) is 37.6 Å². The molecule has 16 heavy (non-hydrogen) atoms. The smallest absolute Gasteiger partial charge is 0.0107 e. The number of rotatable bonds is 7. The van der Waals surface area contributed by atoms with Crippen LogP contribution >= 0.6 is 0 Å². The molecule has 0 aliphatic heterocycles. The maximum absolute atomic E-state index is 3.48. The molecule has 0 radical (unpaired) electrons. The van der Waals surface area contributed by atoms with Gasteiger partial charge in [0, 0.05) is 19.1 Å². The first-order chi connectivity index (χ1) is 7.77. The molecule has 1 saturated carbocycles. The van der Waals surface area contributed by atoms with Crippen molar-refractivity contribution in [3.05, 3.63) is 0 Å². The van der Waals surface area contributed by atoms with Crippen LogP contribution in [0.4, 0.5) is 0 Å². The molecule has 0 bridgehead atoms. The SMILES string of the molecule is CCCNCCN(C)C1CCC(CC)CC1. The van der Waals surface area contributed by atoms with Crippen LogP contribution in [0.3, 0.4) is 0 Å². The summed E-state index contributed by atoms with van der Waals surface area (Å²) < 4.78 is 0. The Kier molecular flexibility index (Phi) is 7.06. The van der Waals surface area contributed by atoms with Crippen LogP contribution in [0.2, 0.25) is 0 Å². The molecule has 0 saturated heterocycles. The summed E-state index contributed by atoms with van der Waals surface area (Å²) in [6.45, 7) is 8.09. The molecule has 1 rings (SSSR count). The summed E-state index contributed by atoms with van der Waals surface area (Å²) in [4.78, 5) is 2.56. The Hall–Kier alpha value is -0.0800. The van der Waals surface area contributed by atoms with E-state index in [1.807, 2.05) is 0 Å². The number of hydrogen-bond donors (Lipinski definition) is 1. The normalized spacial score (nSPS) is 26.2. The first-order valence-corrected chi connectivity index (χ1v) is 7.18. The van der Waals surface area contributed by atoms with E-state index in [0.717, 1.165) is 25.0 Å². The van der Waals surface area contributed by atoms with Crippen LogP contribution in [0.25, 0.3) is 0 Å². The molecular formula is C14H30N2. The van der Waals surface area contributed by atoms with Gasteiger partial charge in [-0.05, 0) is 51.6 Å². The maximum Gasteiger partial charge on any atom is 0.0107 e. The van der Waals surface area contributed by atoms with E-state index in [1.54, 1.807) is 0 Å². The molecule has 0 amide bonds. The summed E-state index contributed by atoms with van der Waals surface area (Å²) in [5.41, 5.74) is 0. The van der Waals surface area contributed by atoms with Crippen LogP contribution in [0, 0.1) is 5.92 Å². The average Bonchev–Trinajstić information content (AvgIpc) is 2.34. The molecule has 1 N–H and O–H groups in total. The lowest BCUT2D eigenvalue weighted by atomic mass is 9.84. The second-order valence-corrected chi connectivity index (χ2v) is 5.31. The lowest BCUT2D eigenvalue weighted by Crippen LogP contribution is -2.39. The molecule has 0 heterocycles. The topological polar surface area (TPSA) is 15.3 Å². The summed E-state index contributed by atoms with van der Waals surface area (Å²) in [6, 6.07) is 0.853. The zero-order chi connectivity index (χ0) is 11.8. The molecule has 2 nitrogen and oxygen atoms in total. The van der Waals surface area contributed by atoms with Gasteiger partial charge in [-0.15, -0.1) is 0 Å². The van der Waals surface area contributed by atoms with Crippen LogP contribution in [0.15, 0.2) is 0 Å². The molecule has 0 aromatic rings. The highest BCUT2D eigenvalue weighted by Crippen LogP contribution is 2.28. The summed E-state index contributed by atoms with van der Waals surface area (Å²) in [6.07, 6.45) is 8.37. The quantitative estimate of drug-likeness (QED) is 0.672. The third kappa shape index (κ3) is 4.84. The van der Waals surface area contributed by atoms with Gasteiger partial charge >= 0.3 is 0 Å². The first-order valence-electron chi connectivity index (χ1n) is 7.18. The third-order valence-corrected chi connectivity index (χ3v) is 4.09. The predicted octanol–water partition coefficient (Wildman–Crippen LogP) is 2.89. The van der Waals surface area contributed by atoms with Gasteiger partial charge in [-0.2, -0.15) is 0 Å². The Morgan fingerprint density at radius 2 is 1.75 bits per heavy atom. The highest BCUT2D eigenvalue weighted by Gasteiger charge is 2.22. The fourth-order valence-electron chi connectivity index (χ4n) is 2.73. The fraction of sp³-hybridized carbons (Fsp3) is 1.00. The summed E-state index contributed by atoms with van der Waals surface area (Å²) in [5, 5.41) is 3.48. The van der Waals surface area contributed by atoms with Crippen molar-refractivity contribution in [3.63, 3.8) is 0 Å². The van der Waals surface area contributed by atoms with Gasteiger partial charge in [0.15, 0.2) is 0 Å². The highest BCUT2D eigenvalue weighted by atomic mass is 15.1. The molecule has 2 heteroatoms. The Morgan fingerprint density at radius 1 is 1.06 bits per heavy atom. The lowest BCUT2D eigenvalue weighted by molar-refractivity contribution is 0.164. The largest absolute Gasteiger partial charge is 0.315 e. The average molecular weight is 226 g/mol. The molecule has 0 aromatic heterocycles. The summed E-state index contributed by atoms with van der Waals surface area (Å²) in [5.74, 6) is 1.02. The Morgan fingerprint density at radius 3 is 2.31 bits per heavy atom. The molecule has 96 valence electrons. The Balaban J connectivity index is 2.10. The minimum absolute atomic E-state index is 0.853. The predicted molar refractivity (Wildman–Crippen MR) is 71.8 cm³/mol. The van der Waals surface area contributed by atoms with Crippen molar-refractivity contribution < 1.29 is 0 Å². The van der Waals surface area contributed by atoms with E-state index in [1.165, 1.54) is 45.1 Å². The number of nitrogens with one attached hydrogen (secondary N) is 1. The van der Waals surface area contributed by atoms with Gasteiger partial charge < -0.3 is 10.2 Å². The zero-order valence-corrected chi connectivity index (χ0v) is 11.5. The van der Waals surface area contributed by atoms with E-state index in [4.69, 9.17) is 0 Å². The lowest BCUT2D eigenvalue weighted by Gasteiger charge is -2.34. The second kappa shape index (κ2) is 8.08. The van der Waals surface area contributed by atoms with Gasteiger partial charge in [-0.1, -0.05) is 20.3 Å². The summed E-state index contributed by atoms with van der Waals surface area (Å²) >= 11 is 0. The van der Waals surface area contributed by atoms with E-state index < -0.39 is 0 Å². The van der Waals surface area contributed by atoms with E-state index >= 15 is 0 Å². The highest BCUT2D eigenvalue weighted by molar-refractivity contribution is 4.77. The van der Waals surface area contributed by atoms with Gasteiger partial charge in [0.1, 0.15) is 0 Å². The zero-order valence-electron chi connectivity index (χ0n) is 11.5. The van der Waals surface area contributed by atoms with E-state index in [-0.39, 0.29) is 0 Å². The maximum atomic E-state index is 3.48. The number of likely N-dealkylation sites (N-methyl/N-ethyl adjacent to an activating group) is 1. The molecule has 0 spiro atoms. The Labute approximate surface area is 102 Å². The van der Waals surface area contributed by atoms with Crippen LogP contribution in [-0.2, 0) is 0 Å². The second-order valence-electron chi connectivity index (χ2n) is 5.31. The standard InChI is InChI=1S/C14H30N2/c1-4-10-15-11-12-16(3)14-8-6-13(5-2)7-9-14/h13-15H,4-12H2,1-3H3. The Bertz CT molecular complexity index is 162. The van der Waals surface area contributed by atoms with Gasteiger partial charge in [0.25, 0.3) is 0 Å². The number of nitrogens with zero attached hydrogens (tertiary/aromatic N) is 1. The fourth-order valence-corrected chi connectivity index (χ4v) is 2.73. The van der Waals surface area contributed by atoms with Crippen molar-refractivity contribution in [2.24, 2.45) is 5.92 Å². The van der Waals surface area contributed by atoms with Crippen molar-refractivity contribution >= 4 is 0 Å². The van der Waals surface area contributed by atoms with Gasteiger partial charge in [-0.25, -0.2) is 0 Å². The molecule has 0 aromatic carbocycles. The molecule has 0 atom stereocenters. The summed E-state index contributed by atoms with van der Waals surface area (Å²) in [7, 11) is 2.30. The van der Waals surface area contributed by atoms with Crippen LogP contribution < -0.4 is 5.32 Å². The van der Waals surface area contributed by atoms with E-state index in [9.17, 15) is 0 Å². The van der Waals surface area contributed by atoms with Crippen molar-refractivity contribution in [1.29, 1.82) is 0 Å². The molecule has 0 unspecified atom stereocenters. The third-order valence-electron chi connectivity index (χ3n) is 4.09. The molecule has 1 fully saturated rings. The number of hydrogen-bond acceptors (Lipinski definition) is 2. The van der Waals surface area contributed by atoms with Crippen molar-refractivity contribution in [3.8, 4) is 0 Å². The monoisotopic (exact) mass is 226 g/mol. The minimum atomic E-state index is 0.853. The molecule has 1 aliphatic carbocycles.